The van der Waals surface area contributed by atoms with Crippen LogP contribution in [-0.4, -0.2) is 40.8 Å². The van der Waals surface area contributed by atoms with Crippen LogP contribution in [0.25, 0.3) is 0 Å². The van der Waals surface area contributed by atoms with Crippen molar-refractivity contribution in [1.82, 2.24) is 9.55 Å². The van der Waals surface area contributed by atoms with Crippen molar-refractivity contribution in [1.29, 1.82) is 0 Å². The number of hydrogen-bond donors (Lipinski definition) is 5. The zero-order valence-corrected chi connectivity index (χ0v) is 16.3. The molecule has 1 fully saturated rings. The second-order valence-electron chi connectivity index (χ2n) is 7.08. The minimum atomic E-state index is -0.576. The van der Waals surface area contributed by atoms with E-state index in [1.54, 1.807) is 30.9 Å². The minimum Gasteiger partial charge on any atom is -0.398 e. The number of anilines is 4. The number of nitrogens with one attached hydrogen (secondary N) is 2. The summed E-state index contributed by atoms with van der Waals surface area (Å²) in [5.74, 6) is 0.333. The van der Waals surface area contributed by atoms with E-state index in [4.69, 9.17) is 17.2 Å². The fourth-order valence-corrected chi connectivity index (χ4v) is 3.59. The molecule has 9 nitrogen and oxygen atoms in total. The molecule has 1 amide bonds. The van der Waals surface area contributed by atoms with Crippen LogP contribution in [0.4, 0.5) is 23.1 Å². The summed E-state index contributed by atoms with van der Waals surface area (Å²) in [6.07, 6.45) is 5.85. The predicted molar refractivity (Wildman–Crippen MR) is 113 cm³/mol. The number of benzene rings is 1. The first kappa shape index (κ1) is 19.7. The molecule has 0 aliphatic heterocycles. The summed E-state index contributed by atoms with van der Waals surface area (Å²) >= 11 is 0. The Bertz CT molecular complexity index is 888. The van der Waals surface area contributed by atoms with Gasteiger partial charge in [0.1, 0.15) is 0 Å². The van der Waals surface area contributed by atoms with Gasteiger partial charge in [0.25, 0.3) is 5.91 Å². The van der Waals surface area contributed by atoms with Crippen molar-refractivity contribution >= 4 is 35.3 Å². The first-order chi connectivity index (χ1) is 13.4. The van der Waals surface area contributed by atoms with Crippen LogP contribution in [0.5, 0.6) is 0 Å². The average molecular weight is 384 g/mol. The number of primary amides is 1. The molecule has 0 radical (unpaired) electrons. The highest BCUT2D eigenvalue weighted by molar-refractivity contribution is 6.00. The van der Waals surface area contributed by atoms with E-state index in [2.05, 4.69) is 20.6 Å². The molecule has 0 spiro atoms. The molecule has 1 saturated carbocycles. The molecule has 0 saturated heterocycles. The highest BCUT2D eigenvalue weighted by atomic mass is 16.1. The molecule has 2 atom stereocenters. The Kier molecular flexibility index (Phi) is 5.84. The highest BCUT2D eigenvalue weighted by Crippen LogP contribution is 2.28. The number of rotatable bonds is 6. The van der Waals surface area contributed by atoms with Gasteiger partial charge >= 0.3 is 0 Å². The molecule has 28 heavy (non-hydrogen) atoms. The third-order valence-corrected chi connectivity index (χ3v) is 5.11. The lowest BCUT2D eigenvalue weighted by molar-refractivity contribution is 0.0993. The molecule has 1 aliphatic rings. The topological polar surface area (TPSA) is 149 Å². The maximum absolute atomic E-state index is 12.1. The number of hydrogen-bond acceptors (Lipinski definition) is 7. The number of nitrogens with zero attached hydrogens (tertiary/aromatic N) is 3. The first-order valence-corrected chi connectivity index (χ1v) is 9.38. The van der Waals surface area contributed by atoms with Crippen LogP contribution in [-0.2, 0) is 7.05 Å². The molecule has 150 valence electrons. The summed E-state index contributed by atoms with van der Waals surface area (Å²) < 4.78 is 1.66. The van der Waals surface area contributed by atoms with E-state index in [9.17, 15) is 4.79 Å². The normalized spacial score (nSPS) is 19.7. The third-order valence-electron chi connectivity index (χ3n) is 5.11. The van der Waals surface area contributed by atoms with Gasteiger partial charge in [-0.25, -0.2) is 0 Å². The number of imidazole rings is 1. The Morgan fingerprint density at radius 3 is 2.79 bits per heavy atom. The quantitative estimate of drug-likeness (QED) is 0.377. The maximum Gasteiger partial charge on any atom is 0.269 e. The first-order valence-electron chi connectivity index (χ1n) is 9.38. The highest BCUT2D eigenvalue weighted by Gasteiger charge is 2.26. The van der Waals surface area contributed by atoms with E-state index in [1.165, 1.54) is 0 Å². The summed E-state index contributed by atoms with van der Waals surface area (Å²) in [5, 5.41) is 6.56. The molecule has 0 unspecified atom stereocenters. The van der Waals surface area contributed by atoms with E-state index in [-0.39, 0.29) is 17.8 Å². The van der Waals surface area contributed by atoms with Crippen LogP contribution in [0.2, 0.25) is 0 Å². The molecule has 1 aromatic carbocycles. The fraction of sp³-hybridized carbons (Fsp3) is 0.421. The van der Waals surface area contributed by atoms with E-state index in [1.807, 2.05) is 12.1 Å². The van der Waals surface area contributed by atoms with E-state index in [0.717, 1.165) is 31.2 Å². The van der Waals surface area contributed by atoms with Crippen LogP contribution in [0, 0.1) is 0 Å². The molecule has 1 aliphatic carbocycles. The lowest BCUT2D eigenvalue weighted by Gasteiger charge is -2.29. The number of carbonyl (C=O) groups is 1. The van der Waals surface area contributed by atoms with Crippen LogP contribution in [0.1, 0.15) is 41.7 Å². The summed E-state index contributed by atoms with van der Waals surface area (Å²) in [7, 11) is 3.42. The number of amides is 1. The molecule has 1 heterocycles. The van der Waals surface area contributed by atoms with Gasteiger partial charge in [-0.15, -0.1) is 0 Å². The third kappa shape index (κ3) is 3.94. The average Bonchev–Trinajstić information content (AvgIpc) is 2.95. The van der Waals surface area contributed by atoms with Gasteiger partial charge in [0.05, 0.1) is 5.69 Å². The lowest BCUT2D eigenvalue weighted by Crippen LogP contribution is -2.43. The summed E-state index contributed by atoms with van der Waals surface area (Å²) in [6.45, 7) is 0. The number of aliphatic imine (C=N–C) groups is 1. The summed E-state index contributed by atoms with van der Waals surface area (Å²) in [6, 6.07) is 5.61. The van der Waals surface area contributed by atoms with E-state index < -0.39 is 5.91 Å². The van der Waals surface area contributed by atoms with E-state index >= 15 is 0 Å². The Morgan fingerprint density at radius 1 is 1.36 bits per heavy atom. The van der Waals surface area contributed by atoms with Gasteiger partial charge in [-0.2, -0.15) is 4.98 Å². The number of aromatic nitrogens is 2. The van der Waals surface area contributed by atoms with Gasteiger partial charge in [0.15, 0.2) is 11.5 Å². The van der Waals surface area contributed by atoms with Crippen molar-refractivity contribution < 1.29 is 4.79 Å². The summed E-state index contributed by atoms with van der Waals surface area (Å²) in [5.41, 5.74) is 20.2. The minimum absolute atomic E-state index is 0.0557. The Hall–Kier alpha value is -3.07. The zero-order valence-electron chi connectivity index (χ0n) is 16.3. The molecule has 8 N–H and O–H groups in total. The van der Waals surface area contributed by atoms with Crippen molar-refractivity contribution in [3.05, 3.63) is 29.5 Å². The Morgan fingerprint density at radius 2 is 2.11 bits per heavy atom. The fourth-order valence-electron chi connectivity index (χ4n) is 3.59. The Labute approximate surface area is 164 Å². The molecular weight excluding hydrogens is 356 g/mol. The van der Waals surface area contributed by atoms with Gasteiger partial charge in [0, 0.05) is 43.6 Å². The monoisotopic (exact) mass is 384 g/mol. The standard InChI is InChI=1S/C19H28N8O/c1-23-10-11-12(20)7-5-9-14(11)24-18-16(17(22)28)27(2)19(26-18)25-15-8-4-3-6-13(15)21/h5,7,9-10,13,15,24H,3-4,6,8,20-21H2,1-2H3,(H2,22,28)(H,25,26)/t13-,15+/m0/s1. The van der Waals surface area contributed by atoms with Crippen LogP contribution < -0.4 is 27.8 Å². The molecule has 0 bridgehead atoms. The van der Waals surface area contributed by atoms with Gasteiger partial charge in [-0.3, -0.25) is 9.79 Å². The Balaban J connectivity index is 1.95. The second kappa shape index (κ2) is 8.30. The SMILES string of the molecule is CN=Cc1c(N)cccc1Nc1nc(N[C@@H]2CCCC[C@@H]2N)n(C)c1C(N)=O. The molecular formula is C19H28N8O. The van der Waals surface area contributed by atoms with Crippen molar-refractivity contribution in [3.8, 4) is 0 Å². The largest absolute Gasteiger partial charge is 0.398 e. The smallest absolute Gasteiger partial charge is 0.269 e. The van der Waals surface area contributed by atoms with Crippen molar-refractivity contribution in [2.45, 2.75) is 37.8 Å². The molecule has 9 heteroatoms. The number of nitrogen functional groups attached to an aromatic ring is 1. The number of carbonyl (C=O) groups excluding carboxylic acids is 1. The van der Waals surface area contributed by atoms with Gasteiger partial charge in [-0.1, -0.05) is 18.9 Å². The zero-order chi connectivity index (χ0) is 20.3. The van der Waals surface area contributed by atoms with Crippen LogP contribution in [0.15, 0.2) is 23.2 Å². The van der Waals surface area contributed by atoms with Gasteiger partial charge < -0.3 is 32.4 Å². The second-order valence-corrected chi connectivity index (χ2v) is 7.08. The van der Waals surface area contributed by atoms with Crippen molar-refractivity contribution in [2.75, 3.05) is 23.4 Å². The number of nitrogens with two attached hydrogens (primary N) is 3. The molecule has 2 aromatic rings. The predicted octanol–water partition coefficient (Wildman–Crippen LogP) is 1.58. The van der Waals surface area contributed by atoms with Crippen molar-refractivity contribution in [3.63, 3.8) is 0 Å². The van der Waals surface area contributed by atoms with Crippen molar-refractivity contribution in [2.24, 2.45) is 23.5 Å². The van der Waals surface area contributed by atoms with Crippen LogP contribution in [0.3, 0.4) is 0 Å². The van der Waals surface area contributed by atoms with Gasteiger partial charge in [-0.05, 0) is 25.0 Å². The van der Waals surface area contributed by atoms with Gasteiger partial charge in [0.2, 0.25) is 5.95 Å². The summed E-state index contributed by atoms with van der Waals surface area (Å²) in [4.78, 5) is 20.7. The maximum atomic E-state index is 12.1. The molecule has 3 rings (SSSR count). The molecule has 1 aromatic heterocycles. The van der Waals surface area contributed by atoms with Crippen LogP contribution >= 0.6 is 0 Å². The lowest BCUT2D eigenvalue weighted by atomic mass is 9.91. The van der Waals surface area contributed by atoms with E-state index in [0.29, 0.717) is 23.1 Å².